The van der Waals surface area contributed by atoms with Gasteiger partial charge in [-0.25, -0.2) is 5.43 Å². The van der Waals surface area contributed by atoms with E-state index < -0.39 is 23.6 Å². The van der Waals surface area contributed by atoms with Crippen molar-refractivity contribution in [2.45, 2.75) is 32.9 Å². The monoisotopic (exact) mass is 434 g/mol. The summed E-state index contributed by atoms with van der Waals surface area (Å²) in [5, 5.41) is 6.33. The molecule has 6 nitrogen and oxygen atoms in total. The predicted octanol–water partition coefficient (Wildman–Crippen LogP) is 4.42. The van der Waals surface area contributed by atoms with Crippen LogP contribution in [0.1, 0.15) is 37.8 Å². The molecule has 0 aromatic heterocycles. The van der Waals surface area contributed by atoms with Crippen LogP contribution in [0.2, 0.25) is 0 Å². The molecule has 0 fully saturated rings. The first kappa shape index (κ1) is 23.9. The number of carbonyl (C=O) groups is 2. The molecule has 0 aliphatic carbocycles. The summed E-state index contributed by atoms with van der Waals surface area (Å²) in [5.74, 6) is -0.926. The van der Waals surface area contributed by atoms with Gasteiger partial charge in [-0.05, 0) is 55.8 Å². The van der Waals surface area contributed by atoms with E-state index in [0.29, 0.717) is 0 Å². The van der Waals surface area contributed by atoms with Gasteiger partial charge in [0, 0.05) is 37.3 Å². The van der Waals surface area contributed by atoms with Crippen LogP contribution in [0, 0.1) is 0 Å². The first-order valence-electron chi connectivity index (χ1n) is 9.87. The van der Waals surface area contributed by atoms with E-state index in [0.717, 1.165) is 48.6 Å². The van der Waals surface area contributed by atoms with Crippen LogP contribution in [-0.4, -0.2) is 31.1 Å². The van der Waals surface area contributed by atoms with Crippen molar-refractivity contribution in [1.29, 1.82) is 0 Å². The highest BCUT2D eigenvalue weighted by atomic mass is 19.4. The third-order valence-electron chi connectivity index (χ3n) is 4.50. The second-order valence-electron chi connectivity index (χ2n) is 6.68. The summed E-state index contributed by atoms with van der Waals surface area (Å²) in [7, 11) is 0. The molecule has 0 aliphatic rings. The molecule has 0 saturated carbocycles. The lowest BCUT2D eigenvalue weighted by Gasteiger charge is -2.20. The maximum atomic E-state index is 12.5. The molecule has 31 heavy (non-hydrogen) atoms. The number of halogens is 3. The van der Waals surface area contributed by atoms with Gasteiger partial charge in [0.05, 0.1) is 11.8 Å². The second-order valence-corrected chi connectivity index (χ2v) is 6.68. The molecule has 166 valence electrons. The fraction of sp³-hybridized carbons (Fsp3) is 0.318. The zero-order valence-corrected chi connectivity index (χ0v) is 17.4. The number of alkyl halides is 3. The van der Waals surface area contributed by atoms with Crippen molar-refractivity contribution < 1.29 is 22.8 Å². The van der Waals surface area contributed by atoms with Gasteiger partial charge in [-0.1, -0.05) is 12.1 Å². The molecule has 2 amide bonds. The topological polar surface area (TPSA) is 73.8 Å². The van der Waals surface area contributed by atoms with E-state index in [4.69, 9.17) is 0 Å². The lowest BCUT2D eigenvalue weighted by molar-refractivity contribution is -0.137. The minimum Gasteiger partial charge on any atom is -0.372 e. The Balaban J connectivity index is 1.75. The van der Waals surface area contributed by atoms with Crippen LogP contribution < -0.4 is 15.6 Å². The van der Waals surface area contributed by atoms with Gasteiger partial charge in [-0.15, -0.1) is 0 Å². The van der Waals surface area contributed by atoms with Crippen molar-refractivity contribution in [3.8, 4) is 0 Å². The Morgan fingerprint density at radius 3 is 2.06 bits per heavy atom. The maximum absolute atomic E-state index is 12.5. The van der Waals surface area contributed by atoms with Crippen LogP contribution in [0.3, 0.4) is 0 Å². The van der Waals surface area contributed by atoms with Gasteiger partial charge in [-0.3, -0.25) is 9.59 Å². The Morgan fingerprint density at radius 2 is 1.52 bits per heavy atom. The van der Waals surface area contributed by atoms with Gasteiger partial charge in [0.25, 0.3) is 0 Å². The fourth-order valence-electron chi connectivity index (χ4n) is 2.79. The molecule has 2 rings (SSSR count). The van der Waals surface area contributed by atoms with Gasteiger partial charge < -0.3 is 10.2 Å². The molecule has 0 aliphatic heterocycles. The molecular formula is C22H25F3N4O2. The average molecular weight is 434 g/mol. The Hall–Kier alpha value is -3.36. The lowest BCUT2D eigenvalue weighted by atomic mass is 10.2. The van der Waals surface area contributed by atoms with Crippen LogP contribution in [0.5, 0.6) is 0 Å². The number of benzene rings is 2. The van der Waals surface area contributed by atoms with E-state index in [1.807, 2.05) is 24.3 Å². The van der Waals surface area contributed by atoms with E-state index >= 15 is 0 Å². The molecule has 0 atom stereocenters. The highest BCUT2D eigenvalue weighted by Gasteiger charge is 2.29. The molecule has 0 bridgehead atoms. The SMILES string of the molecule is CCN(CC)c1ccc(/C=N\NC(=O)CCC(=O)Nc2ccc(C(F)(F)F)cc2)cc1. The number of hydrazone groups is 1. The van der Waals surface area contributed by atoms with Crippen molar-refractivity contribution >= 4 is 29.4 Å². The Morgan fingerprint density at radius 1 is 0.935 bits per heavy atom. The quantitative estimate of drug-likeness (QED) is 0.453. The molecule has 0 heterocycles. The second kappa shape index (κ2) is 11.1. The van der Waals surface area contributed by atoms with Gasteiger partial charge in [0.1, 0.15) is 0 Å². The van der Waals surface area contributed by atoms with Gasteiger partial charge in [0.15, 0.2) is 0 Å². The third-order valence-corrected chi connectivity index (χ3v) is 4.50. The van der Waals surface area contributed by atoms with Gasteiger partial charge in [-0.2, -0.15) is 18.3 Å². The summed E-state index contributed by atoms with van der Waals surface area (Å²) in [6.45, 7) is 5.98. The molecule has 2 aromatic carbocycles. The van der Waals surface area contributed by atoms with Crippen molar-refractivity contribution in [3.63, 3.8) is 0 Å². The van der Waals surface area contributed by atoms with E-state index in [-0.39, 0.29) is 18.5 Å². The lowest BCUT2D eigenvalue weighted by Crippen LogP contribution is -2.21. The van der Waals surface area contributed by atoms with E-state index in [1.165, 1.54) is 6.21 Å². The number of anilines is 2. The van der Waals surface area contributed by atoms with Crippen molar-refractivity contribution in [1.82, 2.24) is 5.43 Å². The first-order chi connectivity index (χ1) is 14.7. The number of nitrogens with one attached hydrogen (secondary N) is 2. The summed E-state index contributed by atoms with van der Waals surface area (Å²) >= 11 is 0. The Kier molecular flexibility index (Phi) is 8.60. The van der Waals surface area contributed by atoms with E-state index in [1.54, 1.807) is 0 Å². The summed E-state index contributed by atoms with van der Waals surface area (Å²) in [5.41, 5.74) is 3.69. The first-order valence-corrected chi connectivity index (χ1v) is 9.87. The molecule has 0 unspecified atom stereocenters. The standard InChI is InChI=1S/C22H25F3N4O2/c1-3-29(4-2)19-11-5-16(6-12-19)15-26-28-21(31)14-13-20(30)27-18-9-7-17(8-10-18)22(23,24)25/h5-12,15H,3-4,13-14H2,1-2H3,(H,27,30)(H,28,31)/b26-15-. The zero-order chi connectivity index (χ0) is 22.9. The number of rotatable bonds is 9. The summed E-state index contributed by atoms with van der Waals surface area (Å²) < 4.78 is 37.6. The minimum absolute atomic E-state index is 0.106. The maximum Gasteiger partial charge on any atom is 0.416 e. The van der Waals surface area contributed by atoms with E-state index in [9.17, 15) is 22.8 Å². The summed E-state index contributed by atoms with van der Waals surface area (Å²) in [6, 6.07) is 11.8. The highest BCUT2D eigenvalue weighted by molar-refractivity contribution is 5.93. The number of amides is 2. The number of carbonyl (C=O) groups excluding carboxylic acids is 2. The summed E-state index contributed by atoms with van der Waals surface area (Å²) in [4.78, 5) is 25.9. The van der Waals surface area contributed by atoms with E-state index in [2.05, 4.69) is 34.6 Å². The molecule has 0 radical (unpaired) electrons. The zero-order valence-electron chi connectivity index (χ0n) is 17.4. The fourth-order valence-corrected chi connectivity index (χ4v) is 2.79. The smallest absolute Gasteiger partial charge is 0.372 e. The number of nitrogens with zero attached hydrogens (tertiary/aromatic N) is 2. The van der Waals surface area contributed by atoms with Crippen LogP contribution in [0.25, 0.3) is 0 Å². The predicted molar refractivity (Wildman–Crippen MR) is 115 cm³/mol. The molecule has 9 heteroatoms. The molecule has 0 saturated heterocycles. The van der Waals surface area contributed by atoms with Crippen LogP contribution in [0.4, 0.5) is 24.5 Å². The number of hydrogen-bond acceptors (Lipinski definition) is 4. The normalized spacial score (nSPS) is 11.4. The Bertz CT molecular complexity index is 890. The summed E-state index contributed by atoms with van der Waals surface area (Å²) in [6.07, 6.45) is -3.16. The largest absolute Gasteiger partial charge is 0.416 e. The van der Waals surface area contributed by atoms with Crippen molar-refractivity contribution in [2.75, 3.05) is 23.3 Å². The molecule has 2 N–H and O–H groups in total. The van der Waals surface area contributed by atoms with Gasteiger partial charge in [0.2, 0.25) is 11.8 Å². The molecular weight excluding hydrogens is 409 g/mol. The van der Waals surface area contributed by atoms with Crippen molar-refractivity contribution in [3.05, 3.63) is 59.7 Å². The van der Waals surface area contributed by atoms with Crippen LogP contribution in [-0.2, 0) is 15.8 Å². The van der Waals surface area contributed by atoms with Crippen LogP contribution in [0.15, 0.2) is 53.6 Å². The highest BCUT2D eigenvalue weighted by Crippen LogP contribution is 2.29. The van der Waals surface area contributed by atoms with Crippen LogP contribution >= 0.6 is 0 Å². The van der Waals surface area contributed by atoms with Gasteiger partial charge >= 0.3 is 6.18 Å². The average Bonchev–Trinajstić information content (AvgIpc) is 2.74. The molecule has 0 spiro atoms. The third kappa shape index (κ3) is 7.76. The molecule has 2 aromatic rings. The minimum atomic E-state index is -4.44. The number of hydrogen-bond donors (Lipinski definition) is 2. The Labute approximate surface area is 179 Å². The van der Waals surface area contributed by atoms with Crippen molar-refractivity contribution in [2.24, 2.45) is 5.10 Å².